The smallest absolute Gasteiger partial charge is 0.121 e. The van der Waals surface area contributed by atoms with Gasteiger partial charge in [0.05, 0.1) is 7.11 Å². The van der Waals surface area contributed by atoms with Crippen molar-refractivity contribution < 1.29 is 4.74 Å². The highest BCUT2D eigenvalue weighted by molar-refractivity contribution is 5.38. The van der Waals surface area contributed by atoms with Gasteiger partial charge in [0.25, 0.3) is 0 Å². The molecule has 0 radical (unpaired) electrons. The van der Waals surface area contributed by atoms with Crippen LogP contribution >= 0.6 is 0 Å². The number of hydrogen-bond donors (Lipinski definition) is 0. The lowest BCUT2D eigenvalue weighted by Gasteiger charge is -2.10. The van der Waals surface area contributed by atoms with Crippen molar-refractivity contribution in [3.05, 3.63) is 42.0 Å². The first kappa shape index (κ1) is 9.85. The first-order chi connectivity index (χ1) is 6.19. The van der Waals surface area contributed by atoms with E-state index < -0.39 is 0 Å². The lowest BCUT2D eigenvalue weighted by atomic mass is 9.99. The Morgan fingerprint density at radius 3 is 2.62 bits per heavy atom. The summed E-state index contributed by atoms with van der Waals surface area (Å²) < 4.78 is 5.19. The zero-order chi connectivity index (χ0) is 9.84. The average Bonchev–Trinajstić information content (AvgIpc) is 2.16. The minimum Gasteiger partial charge on any atom is -0.496 e. The fourth-order valence-electron chi connectivity index (χ4n) is 1.32. The third kappa shape index (κ3) is 2.11. The molecule has 1 aromatic rings. The number of allylic oxidation sites excluding steroid dienone is 1. The van der Waals surface area contributed by atoms with Crippen LogP contribution in [-0.2, 0) is 0 Å². The van der Waals surface area contributed by atoms with Gasteiger partial charge in [-0.3, -0.25) is 0 Å². The summed E-state index contributed by atoms with van der Waals surface area (Å²) in [5.41, 5.74) is 2.46. The van der Waals surface area contributed by atoms with Gasteiger partial charge >= 0.3 is 0 Å². The lowest BCUT2D eigenvalue weighted by molar-refractivity contribution is 0.411. The van der Waals surface area contributed by atoms with Crippen molar-refractivity contribution in [3.63, 3.8) is 0 Å². The Kier molecular flexibility index (Phi) is 3.13. The van der Waals surface area contributed by atoms with Gasteiger partial charge in [-0.2, -0.15) is 0 Å². The fraction of sp³-hybridized carbons (Fsp3) is 0.333. The van der Waals surface area contributed by atoms with Crippen molar-refractivity contribution in [3.8, 4) is 5.75 Å². The lowest BCUT2D eigenvalue weighted by Crippen LogP contribution is -1.92. The molecular weight excluding hydrogens is 160 g/mol. The van der Waals surface area contributed by atoms with Crippen LogP contribution in [0.5, 0.6) is 5.75 Å². The van der Waals surface area contributed by atoms with Gasteiger partial charge in [0.15, 0.2) is 0 Å². The molecule has 70 valence electrons. The molecule has 0 amide bonds. The van der Waals surface area contributed by atoms with Gasteiger partial charge in [-0.15, -0.1) is 6.58 Å². The van der Waals surface area contributed by atoms with E-state index in [1.807, 2.05) is 12.1 Å². The van der Waals surface area contributed by atoms with E-state index >= 15 is 0 Å². The van der Waals surface area contributed by atoms with Crippen molar-refractivity contribution in [2.75, 3.05) is 7.11 Å². The molecule has 1 nitrogen and oxygen atoms in total. The second-order valence-electron chi connectivity index (χ2n) is 3.25. The summed E-state index contributed by atoms with van der Waals surface area (Å²) in [6.07, 6.45) is 1.95. The van der Waals surface area contributed by atoms with E-state index in [1.165, 1.54) is 11.1 Å². The number of rotatable bonds is 3. The Hall–Kier alpha value is -1.24. The molecule has 1 heteroatoms. The van der Waals surface area contributed by atoms with Crippen molar-refractivity contribution >= 4 is 0 Å². The largest absolute Gasteiger partial charge is 0.496 e. The van der Waals surface area contributed by atoms with Crippen molar-refractivity contribution in [1.29, 1.82) is 0 Å². The second kappa shape index (κ2) is 4.13. The van der Waals surface area contributed by atoms with Crippen LogP contribution in [-0.4, -0.2) is 7.11 Å². The molecule has 0 aliphatic carbocycles. The fourth-order valence-corrected chi connectivity index (χ4v) is 1.32. The molecule has 0 bridgehead atoms. The third-order valence-corrected chi connectivity index (χ3v) is 2.30. The van der Waals surface area contributed by atoms with Gasteiger partial charge in [0.2, 0.25) is 0 Å². The highest BCUT2D eigenvalue weighted by Crippen LogP contribution is 2.23. The predicted octanol–water partition coefficient (Wildman–Crippen LogP) is 3.29. The minimum atomic E-state index is 0.407. The molecular formula is C12H16O. The first-order valence-electron chi connectivity index (χ1n) is 4.46. The van der Waals surface area contributed by atoms with E-state index in [0.29, 0.717) is 5.92 Å². The molecule has 1 unspecified atom stereocenters. The van der Waals surface area contributed by atoms with Crippen LogP contribution in [0.1, 0.15) is 24.0 Å². The van der Waals surface area contributed by atoms with E-state index in [1.54, 1.807) is 7.11 Å². The number of benzene rings is 1. The van der Waals surface area contributed by atoms with E-state index in [-0.39, 0.29) is 0 Å². The van der Waals surface area contributed by atoms with Gasteiger partial charge in [0, 0.05) is 0 Å². The van der Waals surface area contributed by atoms with Crippen LogP contribution in [0.2, 0.25) is 0 Å². The number of methoxy groups -OCH3 is 1. The first-order valence-corrected chi connectivity index (χ1v) is 4.46. The van der Waals surface area contributed by atoms with Gasteiger partial charge in [-0.25, -0.2) is 0 Å². The summed E-state index contributed by atoms with van der Waals surface area (Å²) >= 11 is 0. The summed E-state index contributed by atoms with van der Waals surface area (Å²) in [7, 11) is 1.69. The van der Waals surface area contributed by atoms with Crippen LogP contribution in [0.4, 0.5) is 0 Å². The standard InChI is InChI=1S/C12H16O/c1-5-9(2)11-6-7-12(13-4)10(3)8-11/h5-9H,1H2,2-4H3. The highest BCUT2D eigenvalue weighted by atomic mass is 16.5. The molecule has 1 atom stereocenters. The van der Waals surface area contributed by atoms with Crippen molar-refractivity contribution in [1.82, 2.24) is 0 Å². The molecule has 1 rings (SSSR count). The van der Waals surface area contributed by atoms with Crippen LogP contribution < -0.4 is 4.74 Å². The van der Waals surface area contributed by atoms with Crippen molar-refractivity contribution in [2.24, 2.45) is 0 Å². The Balaban J connectivity index is 3.02. The molecule has 0 aromatic heterocycles. The molecule has 0 N–H and O–H groups in total. The van der Waals surface area contributed by atoms with E-state index in [9.17, 15) is 0 Å². The SMILES string of the molecule is C=CC(C)c1ccc(OC)c(C)c1. The van der Waals surface area contributed by atoms with Gasteiger partial charge in [-0.05, 0) is 30.0 Å². The molecule has 0 saturated carbocycles. The zero-order valence-electron chi connectivity index (χ0n) is 8.50. The summed E-state index contributed by atoms with van der Waals surface area (Å²) in [5.74, 6) is 1.35. The molecule has 13 heavy (non-hydrogen) atoms. The summed E-state index contributed by atoms with van der Waals surface area (Å²) in [6, 6.07) is 6.23. The summed E-state index contributed by atoms with van der Waals surface area (Å²) in [6.45, 7) is 7.96. The summed E-state index contributed by atoms with van der Waals surface area (Å²) in [5, 5.41) is 0. The van der Waals surface area contributed by atoms with E-state index in [2.05, 4.69) is 32.6 Å². The molecule has 0 aliphatic rings. The molecule has 0 fully saturated rings. The quantitative estimate of drug-likeness (QED) is 0.642. The monoisotopic (exact) mass is 176 g/mol. The Labute approximate surface area is 80.0 Å². The third-order valence-electron chi connectivity index (χ3n) is 2.30. The van der Waals surface area contributed by atoms with Crippen LogP contribution in [0.3, 0.4) is 0 Å². The molecule has 0 aliphatic heterocycles. The van der Waals surface area contributed by atoms with Crippen LogP contribution in [0.15, 0.2) is 30.9 Å². The maximum Gasteiger partial charge on any atom is 0.121 e. The normalized spacial score (nSPS) is 12.2. The topological polar surface area (TPSA) is 9.23 Å². The van der Waals surface area contributed by atoms with Crippen molar-refractivity contribution in [2.45, 2.75) is 19.8 Å². The summed E-state index contributed by atoms with van der Waals surface area (Å²) in [4.78, 5) is 0. The van der Waals surface area contributed by atoms with E-state index in [0.717, 1.165) is 5.75 Å². The maximum atomic E-state index is 5.19. The maximum absolute atomic E-state index is 5.19. The van der Waals surface area contributed by atoms with Crippen LogP contribution in [0.25, 0.3) is 0 Å². The second-order valence-corrected chi connectivity index (χ2v) is 3.25. The molecule has 0 heterocycles. The van der Waals surface area contributed by atoms with Gasteiger partial charge in [-0.1, -0.05) is 25.1 Å². The predicted molar refractivity (Wildman–Crippen MR) is 56.3 cm³/mol. The molecule has 1 aromatic carbocycles. The van der Waals surface area contributed by atoms with Gasteiger partial charge in [0.1, 0.15) is 5.75 Å². The Bertz CT molecular complexity index is 302. The molecule has 0 spiro atoms. The zero-order valence-corrected chi connectivity index (χ0v) is 8.50. The Morgan fingerprint density at radius 1 is 1.46 bits per heavy atom. The van der Waals surface area contributed by atoms with E-state index in [4.69, 9.17) is 4.74 Å². The minimum absolute atomic E-state index is 0.407. The number of ether oxygens (including phenoxy) is 1. The highest BCUT2D eigenvalue weighted by Gasteiger charge is 2.03. The number of hydrogen-bond acceptors (Lipinski definition) is 1. The van der Waals surface area contributed by atoms with Gasteiger partial charge < -0.3 is 4.74 Å². The Morgan fingerprint density at radius 2 is 2.15 bits per heavy atom. The average molecular weight is 176 g/mol. The number of aryl methyl sites for hydroxylation is 1. The molecule has 0 saturated heterocycles. The van der Waals surface area contributed by atoms with Crippen LogP contribution in [0, 0.1) is 6.92 Å².